The van der Waals surface area contributed by atoms with Gasteiger partial charge in [-0.3, -0.25) is 38.5 Å². The second kappa shape index (κ2) is 19.7. The van der Waals surface area contributed by atoms with E-state index in [2.05, 4.69) is 36.8 Å². The molecule has 1 aromatic carbocycles. The third-order valence-corrected chi connectivity index (χ3v) is 12.9. The molecule has 5 aliphatic rings. The summed E-state index contributed by atoms with van der Waals surface area (Å²) in [6.07, 6.45) is 5.37. The topological polar surface area (TPSA) is 218 Å². The number of rotatable bonds is 7. The van der Waals surface area contributed by atoms with E-state index in [0.717, 1.165) is 45.2 Å². The number of nitrogens with one attached hydrogen (secondary N) is 6. The lowest BCUT2D eigenvalue weighted by molar-refractivity contribution is -0.143. The number of hydrogen-bond acceptors (Lipinski definition) is 9. The maximum Gasteiger partial charge on any atom is 0.246 e. The van der Waals surface area contributed by atoms with Crippen LogP contribution >= 0.6 is 0 Å². The third kappa shape index (κ3) is 10.8. The van der Waals surface area contributed by atoms with Crippen LogP contribution in [0.2, 0.25) is 0 Å². The highest BCUT2D eigenvalue weighted by atomic mass is 16.3. The lowest BCUT2D eigenvalue weighted by Gasteiger charge is -2.43. The number of carbonyl (C=O) groups excluding carboxylic acids is 7. The zero-order chi connectivity index (χ0) is 42.4. The van der Waals surface area contributed by atoms with Crippen LogP contribution < -0.4 is 31.9 Å². The number of hydrogen-bond donors (Lipinski definition) is 7. The molecule has 1 saturated carbocycles. The van der Waals surface area contributed by atoms with Gasteiger partial charge in [-0.2, -0.15) is 0 Å². The molecule has 0 bridgehead atoms. The van der Waals surface area contributed by atoms with Crippen LogP contribution in [0, 0.1) is 17.8 Å². The SMILES string of the molecule is CC(C)C[C@@H]1NC(=O)[C@@H]2CCC[C@H]2NC(=O)[C@H](C)NC(=O)C2C[C@@H](NC(=O)[C@@H]3CCCN4CCCC[C@H]34)CN2C(=O)[C@H](Cc2ccccc2)NC(=O)[C@H]([C@@H](C)O)NC1=O. The van der Waals surface area contributed by atoms with Gasteiger partial charge in [-0.05, 0) is 89.8 Å². The van der Waals surface area contributed by atoms with Crippen LogP contribution in [0.5, 0.6) is 0 Å². The second-order valence-corrected chi connectivity index (χ2v) is 17.8. The summed E-state index contributed by atoms with van der Waals surface area (Å²) in [5.74, 6) is -4.60. The Morgan fingerprint density at radius 3 is 2.24 bits per heavy atom. The maximum absolute atomic E-state index is 14.8. The first-order valence-corrected chi connectivity index (χ1v) is 21.8. The van der Waals surface area contributed by atoms with Gasteiger partial charge in [-0.25, -0.2) is 0 Å². The molecule has 16 nitrogen and oxygen atoms in total. The van der Waals surface area contributed by atoms with Crippen LogP contribution in [0.4, 0.5) is 0 Å². The lowest BCUT2D eigenvalue weighted by Crippen LogP contribution is -2.61. The minimum atomic E-state index is -1.50. The molecule has 1 unspecified atom stereocenters. The Morgan fingerprint density at radius 1 is 0.780 bits per heavy atom. The third-order valence-electron chi connectivity index (χ3n) is 12.9. The van der Waals surface area contributed by atoms with Crippen molar-refractivity contribution in [2.45, 2.75) is 153 Å². The molecule has 11 atom stereocenters. The van der Waals surface area contributed by atoms with Crippen molar-refractivity contribution in [2.75, 3.05) is 19.6 Å². The van der Waals surface area contributed by atoms with Gasteiger partial charge in [0.2, 0.25) is 41.4 Å². The van der Waals surface area contributed by atoms with Crippen LogP contribution in [0.15, 0.2) is 30.3 Å². The summed E-state index contributed by atoms with van der Waals surface area (Å²) in [5.41, 5.74) is 0.706. The molecule has 1 aromatic rings. The van der Waals surface area contributed by atoms with Crippen molar-refractivity contribution in [2.24, 2.45) is 17.8 Å². The number of carbonyl (C=O) groups is 7. The smallest absolute Gasteiger partial charge is 0.246 e. The standard InChI is InChI=1S/C43H64N8O8/c1-24(2)20-32-40(56)49-36(26(4)52)42(58)48-33(21-27-12-6-5-7-13-27)43(59)51-23-28(45-39(55)30-15-11-19-50-18-9-8-17-34(30)50)22-35(51)41(57)44-25(3)37(53)46-31-16-10-14-29(31)38(54)47-32/h5-7,12-13,24-26,28-36,52H,8-11,14-23H2,1-4H3,(H,44,57)(H,45,55)(H,46,53)(H,47,54)(H,48,58)(H,49,56)/t25-,26+,28+,29+,30+,31+,32-,33-,34+,35?,36-/m0/s1. The molecule has 7 N–H and O–H groups in total. The number of fused-ring (bicyclic) bond motifs is 3. The second-order valence-electron chi connectivity index (χ2n) is 17.8. The number of piperidine rings is 2. The highest BCUT2D eigenvalue weighted by molar-refractivity contribution is 5.97. The predicted molar refractivity (Wildman–Crippen MR) is 218 cm³/mol. The van der Waals surface area contributed by atoms with Crippen molar-refractivity contribution in [1.82, 2.24) is 41.7 Å². The molecular weight excluding hydrogens is 757 g/mol. The van der Waals surface area contributed by atoms with E-state index in [0.29, 0.717) is 24.8 Å². The molecule has 4 saturated heterocycles. The van der Waals surface area contributed by atoms with E-state index >= 15 is 0 Å². The van der Waals surface area contributed by atoms with E-state index in [9.17, 15) is 38.7 Å². The fraction of sp³-hybridized carbons (Fsp3) is 0.698. The molecule has 4 aliphatic heterocycles. The van der Waals surface area contributed by atoms with Gasteiger partial charge >= 0.3 is 0 Å². The first-order chi connectivity index (χ1) is 28.2. The molecule has 4 heterocycles. The number of nitrogens with zero attached hydrogens (tertiary/aromatic N) is 2. The molecule has 324 valence electrons. The zero-order valence-electron chi connectivity index (χ0n) is 34.9. The van der Waals surface area contributed by atoms with Crippen molar-refractivity contribution in [3.63, 3.8) is 0 Å². The van der Waals surface area contributed by atoms with Gasteiger partial charge < -0.3 is 41.9 Å². The average molecular weight is 821 g/mol. The summed E-state index contributed by atoms with van der Waals surface area (Å²) >= 11 is 0. The summed E-state index contributed by atoms with van der Waals surface area (Å²) in [5, 5.41) is 28.0. The summed E-state index contributed by atoms with van der Waals surface area (Å²) in [4.78, 5) is 102. The summed E-state index contributed by atoms with van der Waals surface area (Å²) in [7, 11) is 0. The Kier molecular flexibility index (Phi) is 14.7. The van der Waals surface area contributed by atoms with Crippen LogP contribution in [0.1, 0.15) is 97.5 Å². The van der Waals surface area contributed by atoms with Gasteiger partial charge in [-0.1, -0.05) is 57.0 Å². The number of benzene rings is 1. The Morgan fingerprint density at radius 2 is 1.51 bits per heavy atom. The molecule has 5 fully saturated rings. The number of aliphatic hydroxyl groups excluding tert-OH is 1. The average Bonchev–Trinajstić information content (AvgIpc) is 3.85. The fourth-order valence-corrected chi connectivity index (χ4v) is 9.79. The van der Waals surface area contributed by atoms with Crippen LogP contribution in [-0.4, -0.2) is 130 Å². The van der Waals surface area contributed by atoms with Gasteiger partial charge in [0, 0.05) is 31.1 Å². The van der Waals surface area contributed by atoms with Crippen molar-refractivity contribution in [1.29, 1.82) is 0 Å². The van der Waals surface area contributed by atoms with Crippen molar-refractivity contribution >= 4 is 41.4 Å². The monoisotopic (exact) mass is 820 g/mol. The molecular formula is C43H64N8O8. The summed E-state index contributed by atoms with van der Waals surface area (Å²) in [6.45, 7) is 8.59. The summed E-state index contributed by atoms with van der Waals surface area (Å²) < 4.78 is 0. The molecule has 1 aliphatic carbocycles. The van der Waals surface area contributed by atoms with Crippen LogP contribution in [0.3, 0.4) is 0 Å². The Labute approximate surface area is 347 Å². The van der Waals surface area contributed by atoms with Gasteiger partial charge in [-0.15, -0.1) is 0 Å². The van der Waals surface area contributed by atoms with E-state index in [1.807, 2.05) is 19.9 Å². The Balaban J connectivity index is 1.32. The van der Waals surface area contributed by atoms with Crippen LogP contribution in [0.25, 0.3) is 0 Å². The molecule has 7 amide bonds. The van der Waals surface area contributed by atoms with E-state index in [1.165, 1.54) is 18.7 Å². The molecule has 6 rings (SSSR count). The molecule has 16 heteroatoms. The number of aliphatic hydroxyl groups is 1. The van der Waals surface area contributed by atoms with Crippen molar-refractivity contribution in [3.05, 3.63) is 35.9 Å². The van der Waals surface area contributed by atoms with Crippen LogP contribution in [-0.2, 0) is 40.0 Å². The lowest BCUT2D eigenvalue weighted by atomic mass is 9.83. The van der Waals surface area contributed by atoms with Crippen molar-refractivity contribution in [3.8, 4) is 0 Å². The van der Waals surface area contributed by atoms with Crippen molar-refractivity contribution < 1.29 is 38.7 Å². The van der Waals surface area contributed by atoms with Gasteiger partial charge in [0.1, 0.15) is 30.2 Å². The molecule has 0 radical (unpaired) electrons. The van der Waals surface area contributed by atoms with Gasteiger partial charge in [0.25, 0.3) is 0 Å². The van der Waals surface area contributed by atoms with Gasteiger partial charge in [0.15, 0.2) is 0 Å². The summed E-state index contributed by atoms with van der Waals surface area (Å²) in [6, 6.07) is 2.07. The van der Waals surface area contributed by atoms with E-state index < -0.39 is 89.8 Å². The minimum Gasteiger partial charge on any atom is -0.391 e. The van der Waals surface area contributed by atoms with Gasteiger partial charge in [0.05, 0.1) is 17.9 Å². The minimum absolute atomic E-state index is 0.0148. The predicted octanol–water partition coefficient (Wildman–Crippen LogP) is 0.264. The molecule has 0 spiro atoms. The Bertz CT molecular complexity index is 1710. The first kappa shape index (κ1) is 44.0. The molecule has 59 heavy (non-hydrogen) atoms. The molecule has 0 aromatic heterocycles. The Hall–Kier alpha value is -4.57. The van der Waals surface area contributed by atoms with E-state index in [4.69, 9.17) is 0 Å². The highest BCUT2D eigenvalue weighted by Crippen LogP contribution is 2.32. The highest BCUT2D eigenvalue weighted by Gasteiger charge is 2.46. The van der Waals surface area contributed by atoms with E-state index in [-0.39, 0.29) is 49.6 Å². The zero-order valence-corrected chi connectivity index (χ0v) is 34.9. The maximum atomic E-state index is 14.8. The largest absolute Gasteiger partial charge is 0.391 e. The number of amides is 7. The quantitative estimate of drug-likeness (QED) is 0.201. The fourth-order valence-electron chi connectivity index (χ4n) is 9.79. The first-order valence-electron chi connectivity index (χ1n) is 21.8. The normalized spacial score (nSPS) is 33.4. The van der Waals surface area contributed by atoms with E-state index in [1.54, 1.807) is 24.3 Å².